The van der Waals surface area contributed by atoms with Crippen LogP contribution in [0.5, 0.6) is 0 Å². The molecule has 0 radical (unpaired) electrons. The Morgan fingerprint density at radius 1 is 0.226 bits per heavy atom. The van der Waals surface area contributed by atoms with E-state index in [0.717, 1.165) is 134 Å². The van der Waals surface area contributed by atoms with Crippen molar-refractivity contribution in [1.82, 2.24) is 0 Å². The van der Waals surface area contributed by atoms with Gasteiger partial charge in [0.2, 0.25) is 0 Å². The minimum Gasteiger partial charge on any atom is -0.333 e. The summed E-state index contributed by atoms with van der Waals surface area (Å²) in [6, 6.07) is 1.95. The van der Waals surface area contributed by atoms with Crippen molar-refractivity contribution in [3.63, 3.8) is 0 Å². The van der Waals surface area contributed by atoms with Crippen molar-refractivity contribution in [2.45, 2.75) is 384 Å². The van der Waals surface area contributed by atoms with E-state index in [1.165, 1.54) is 135 Å². The third kappa shape index (κ3) is 355. The topological polar surface area (TPSA) is 442 Å². The second kappa shape index (κ2) is 155. The molecular formula is C76H203N17. The monoisotopic (exact) mass is 1350 g/mol. The maximum atomic E-state index is 5.48. The quantitative estimate of drug-likeness (QED) is 0.0278. The van der Waals surface area contributed by atoms with E-state index in [1.807, 2.05) is 34.6 Å². The predicted octanol–water partition coefficient (Wildman–Crippen LogP) is 14.9. The first-order valence-corrected chi connectivity index (χ1v) is 38.7. The lowest BCUT2D eigenvalue weighted by Gasteiger charge is -2.02. The van der Waals surface area contributed by atoms with Gasteiger partial charge in [-0.25, -0.2) is 0 Å². The van der Waals surface area contributed by atoms with Crippen LogP contribution in [-0.2, 0) is 0 Å². The van der Waals surface area contributed by atoms with E-state index < -0.39 is 0 Å². The van der Waals surface area contributed by atoms with Crippen LogP contribution in [0.2, 0.25) is 0 Å². The SMILES string of the molecule is CC(C)CCCN.CC(C)CCN.CC(C)CN.CC(C)N.CCC(C)CCN.CCC(C)CN.CCC(C)N.CCC(N)CC.CCCC(C)CN.CCCC(C)N.CCCCC(C)N.CCCCCCN.CCCCCN.CCCCN.CCCN.CCN.CN. The summed E-state index contributed by atoms with van der Waals surface area (Å²) < 4.78 is 0. The molecule has 0 aromatic heterocycles. The van der Waals surface area contributed by atoms with Gasteiger partial charge < -0.3 is 97.5 Å². The van der Waals surface area contributed by atoms with Crippen LogP contribution >= 0.6 is 0 Å². The third-order valence-corrected chi connectivity index (χ3v) is 12.0. The Morgan fingerprint density at radius 2 is 0.527 bits per heavy atom. The van der Waals surface area contributed by atoms with Gasteiger partial charge in [-0.2, -0.15) is 0 Å². The molecule has 0 fully saturated rings. The molecule has 34 N–H and O–H groups in total. The summed E-state index contributed by atoms with van der Waals surface area (Å²) in [6.07, 6.45) is 31.6. The molecule has 0 aromatic rings. The second-order valence-corrected chi connectivity index (χ2v) is 25.7. The number of hydrogen-bond acceptors (Lipinski definition) is 17. The molecule has 0 bridgehead atoms. The Bertz CT molecular complexity index is 833. The van der Waals surface area contributed by atoms with Gasteiger partial charge in [-0.3, -0.25) is 0 Å². The van der Waals surface area contributed by atoms with E-state index >= 15 is 0 Å². The minimum absolute atomic E-state index is 0.333. The van der Waals surface area contributed by atoms with Crippen molar-refractivity contribution in [3.8, 4) is 0 Å². The summed E-state index contributed by atoms with van der Waals surface area (Å²) in [5.41, 5.74) is 88.4. The largest absolute Gasteiger partial charge is 0.333 e. The fourth-order valence-electron chi connectivity index (χ4n) is 4.57. The Labute approximate surface area is 593 Å². The summed E-state index contributed by atoms with van der Waals surface area (Å²) in [5.74, 6) is 4.52. The van der Waals surface area contributed by atoms with Gasteiger partial charge >= 0.3 is 0 Å². The number of hydrogen-bond donors (Lipinski definition) is 17. The lowest BCUT2D eigenvalue weighted by atomic mass is 10.1. The van der Waals surface area contributed by atoms with Gasteiger partial charge in [0.05, 0.1) is 0 Å². The molecule has 17 heteroatoms. The van der Waals surface area contributed by atoms with Crippen molar-refractivity contribution in [3.05, 3.63) is 0 Å². The maximum Gasteiger partial charge on any atom is 0.00335 e. The summed E-state index contributed by atoms with van der Waals surface area (Å²) in [7, 11) is 1.50. The standard InChI is InChI=1S/5C6H15N.5C5H13N.3C4H11N.2C3H9N.C2H7N.CH5N/c1-6(2)4-3-5-7;1-3-6(2)4-5-7;1-3-4-6(2)5-7;1-3-4-5-6(2)7;1-2-3-4-5-6-7;1-5(2)3-4-6;1-3-5(2)4-6;1-3-4-5(2)6;1-3-5(6)4-2;1-2-3-4-5-6;1-4(2)3-5;1-3-4(2)5;1-2-3-4-5;1-3(2)4;1-2-3-4;1-2-3;1-2/h4*6H,3-5,7H2,1-2H3;2-7H2,1H3;4*5H,3-4,6H2,1-2H3;2-6H2,1H3;2*4H,3,5H2,1-2H3;2-5H2,1H3;3H,4H2,1-2H3;2-4H2,1H3;2-3H2,1H3;2H2,1H3. The highest BCUT2D eigenvalue weighted by molar-refractivity contribution is 4.53. The van der Waals surface area contributed by atoms with Gasteiger partial charge in [-0.05, 0) is 231 Å². The maximum absolute atomic E-state index is 5.48. The zero-order chi connectivity index (χ0) is 77.5. The molecule has 0 saturated heterocycles. The van der Waals surface area contributed by atoms with Crippen LogP contribution in [-0.4, -0.2) is 109 Å². The highest BCUT2D eigenvalue weighted by Gasteiger charge is 1.95. The third-order valence-electron chi connectivity index (χ3n) is 12.0. The summed E-state index contributed by atoms with van der Waals surface area (Å²) in [4.78, 5) is 0. The zero-order valence-corrected chi connectivity index (χ0v) is 70.3. The van der Waals surface area contributed by atoms with Gasteiger partial charge in [-0.1, -0.05) is 243 Å². The fourth-order valence-corrected chi connectivity index (χ4v) is 4.57. The number of unbranched alkanes of at least 4 members (excludes halogenated alkanes) is 7. The Hall–Kier alpha value is -0.680. The average molecular weight is 1360 g/mol. The van der Waals surface area contributed by atoms with E-state index in [1.54, 1.807) is 0 Å². The Balaban J connectivity index is -0.0000000442. The zero-order valence-electron chi connectivity index (χ0n) is 70.3. The average Bonchev–Trinajstić information content (AvgIpc) is 3.53. The molecule has 0 saturated carbocycles. The molecule has 592 valence electrons. The molecule has 0 amide bonds. The first-order chi connectivity index (χ1) is 43.7. The van der Waals surface area contributed by atoms with Crippen LogP contribution in [0.25, 0.3) is 0 Å². The highest BCUT2D eigenvalue weighted by atomic mass is 14.6. The van der Waals surface area contributed by atoms with Crippen LogP contribution in [0.4, 0.5) is 0 Å². The molecule has 6 unspecified atom stereocenters. The van der Waals surface area contributed by atoms with Gasteiger partial charge in [0.25, 0.3) is 0 Å². The number of nitrogens with two attached hydrogens (primary N) is 17. The Kier molecular flexibility index (Phi) is 226. The molecule has 0 heterocycles. The van der Waals surface area contributed by atoms with Crippen molar-refractivity contribution >= 4 is 0 Å². The minimum atomic E-state index is 0.333. The van der Waals surface area contributed by atoms with E-state index in [0.29, 0.717) is 42.0 Å². The van der Waals surface area contributed by atoms with E-state index in [4.69, 9.17) is 91.7 Å². The molecule has 0 rings (SSSR count). The normalized spacial score (nSPS) is 11.2. The van der Waals surface area contributed by atoms with Crippen molar-refractivity contribution in [1.29, 1.82) is 0 Å². The molecule has 93 heavy (non-hydrogen) atoms. The predicted molar refractivity (Wildman–Crippen MR) is 444 cm³/mol. The molecule has 0 aliphatic heterocycles. The molecule has 17 nitrogen and oxygen atoms in total. The lowest BCUT2D eigenvalue weighted by molar-refractivity contribution is 0.524. The van der Waals surface area contributed by atoms with Crippen LogP contribution in [0.3, 0.4) is 0 Å². The molecular weight excluding hydrogens is 1150 g/mol. The van der Waals surface area contributed by atoms with Crippen molar-refractivity contribution < 1.29 is 0 Å². The van der Waals surface area contributed by atoms with Gasteiger partial charge in [0, 0.05) is 24.2 Å². The van der Waals surface area contributed by atoms with Gasteiger partial charge in [-0.15, -0.1) is 0 Å². The smallest absolute Gasteiger partial charge is 0.00335 e. The molecule has 0 aromatic carbocycles. The second-order valence-electron chi connectivity index (χ2n) is 25.7. The lowest BCUT2D eigenvalue weighted by Crippen LogP contribution is -2.16. The first-order valence-electron chi connectivity index (χ1n) is 38.7. The highest BCUT2D eigenvalue weighted by Crippen LogP contribution is 2.03. The Morgan fingerprint density at radius 3 is 0.613 bits per heavy atom. The van der Waals surface area contributed by atoms with Crippen molar-refractivity contribution in [2.24, 2.45) is 133 Å². The van der Waals surface area contributed by atoms with Crippen LogP contribution in [0.15, 0.2) is 0 Å². The fraction of sp³-hybridized carbons (Fsp3) is 1.00. The van der Waals surface area contributed by atoms with E-state index in [9.17, 15) is 0 Å². The van der Waals surface area contributed by atoms with Crippen LogP contribution in [0.1, 0.15) is 354 Å². The van der Waals surface area contributed by atoms with Gasteiger partial charge in [0.1, 0.15) is 0 Å². The molecule has 0 aliphatic rings. The number of rotatable bonds is 32. The van der Waals surface area contributed by atoms with Crippen molar-refractivity contribution in [2.75, 3.05) is 79.0 Å². The molecule has 0 spiro atoms. The van der Waals surface area contributed by atoms with Crippen LogP contribution < -0.4 is 97.5 Å². The summed E-state index contributed by atoms with van der Waals surface area (Å²) in [5, 5.41) is 0. The summed E-state index contributed by atoms with van der Waals surface area (Å²) >= 11 is 0. The van der Waals surface area contributed by atoms with E-state index in [-0.39, 0.29) is 0 Å². The molecule has 0 aliphatic carbocycles. The summed E-state index contributed by atoms with van der Waals surface area (Å²) in [6.45, 7) is 66.3. The van der Waals surface area contributed by atoms with Crippen LogP contribution in [0, 0.1) is 35.5 Å². The molecule has 6 atom stereocenters. The first kappa shape index (κ1) is 136. The van der Waals surface area contributed by atoms with Gasteiger partial charge in [0.15, 0.2) is 0 Å². The van der Waals surface area contributed by atoms with E-state index in [2.05, 4.69) is 158 Å².